The highest BCUT2D eigenvalue weighted by atomic mass is 16.5. The molecule has 0 spiro atoms. The highest BCUT2D eigenvalue weighted by molar-refractivity contribution is 5.88. The van der Waals surface area contributed by atoms with E-state index in [0.717, 1.165) is 19.3 Å². The lowest BCUT2D eigenvalue weighted by atomic mass is 9.81. The molecule has 0 atom stereocenters. The second-order valence-corrected chi connectivity index (χ2v) is 6.69. The first kappa shape index (κ1) is 18.3. The summed E-state index contributed by atoms with van der Waals surface area (Å²) >= 11 is 0. The van der Waals surface area contributed by atoms with Crippen LogP contribution < -0.4 is 10.1 Å². The minimum Gasteiger partial charge on any atom is -0.484 e. The monoisotopic (exact) mass is 333 g/mol. The van der Waals surface area contributed by atoms with Crippen molar-refractivity contribution in [2.24, 2.45) is 0 Å². The number of methoxy groups -OCH3 is 1. The van der Waals surface area contributed by atoms with Gasteiger partial charge in [-0.2, -0.15) is 0 Å². The predicted octanol–water partition coefficient (Wildman–Crippen LogP) is 3.18. The van der Waals surface area contributed by atoms with Crippen LogP contribution in [0.1, 0.15) is 57.4 Å². The Labute approximate surface area is 143 Å². The second kappa shape index (κ2) is 8.18. The largest absolute Gasteiger partial charge is 0.484 e. The molecule has 1 saturated carbocycles. The van der Waals surface area contributed by atoms with E-state index in [1.165, 1.54) is 12.7 Å². The summed E-state index contributed by atoms with van der Waals surface area (Å²) in [5.41, 5.74) is 0.327. The van der Waals surface area contributed by atoms with Crippen molar-refractivity contribution in [3.05, 3.63) is 29.8 Å². The van der Waals surface area contributed by atoms with Crippen LogP contribution in [-0.2, 0) is 14.3 Å². The number of nitrogens with one attached hydrogen (secondary N) is 1. The van der Waals surface area contributed by atoms with Gasteiger partial charge in [0, 0.05) is 0 Å². The molecular weight excluding hydrogens is 306 g/mol. The molecule has 1 aliphatic carbocycles. The molecule has 0 heterocycles. The number of benzene rings is 1. The van der Waals surface area contributed by atoms with Crippen LogP contribution in [0.2, 0.25) is 0 Å². The van der Waals surface area contributed by atoms with Gasteiger partial charge in [0.05, 0.1) is 7.11 Å². The van der Waals surface area contributed by atoms with Crippen molar-refractivity contribution in [3.63, 3.8) is 0 Å². The van der Waals surface area contributed by atoms with Crippen LogP contribution in [-0.4, -0.2) is 31.1 Å². The van der Waals surface area contributed by atoms with Gasteiger partial charge in [0.15, 0.2) is 6.61 Å². The number of carbonyl (C=O) groups is 2. The molecule has 1 N–H and O–H groups in total. The molecule has 2 rings (SSSR count). The van der Waals surface area contributed by atoms with Crippen molar-refractivity contribution < 1.29 is 19.1 Å². The molecule has 5 heteroatoms. The van der Waals surface area contributed by atoms with E-state index in [-0.39, 0.29) is 18.5 Å². The Morgan fingerprint density at radius 3 is 2.29 bits per heavy atom. The lowest BCUT2D eigenvalue weighted by molar-refractivity contribution is -0.152. The van der Waals surface area contributed by atoms with Crippen LogP contribution in [0.4, 0.5) is 0 Å². The molecule has 24 heavy (non-hydrogen) atoms. The average molecular weight is 333 g/mol. The normalized spacial score (nSPS) is 16.5. The van der Waals surface area contributed by atoms with E-state index in [4.69, 9.17) is 9.47 Å². The minimum atomic E-state index is -0.894. The predicted molar refractivity (Wildman–Crippen MR) is 92.0 cm³/mol. The van der Waals surface area contributed by atoms with Crippen molar-refractivity contribution >= 4 is 11.9 Å². The van der Waals surface area contributed by atoms with Crippen molar-refractivity contribution in [1.82, 2.24) is 5.32 Å². The molecule has 1 amide bonds. The van der Waals surface area contributed by atoms with E-state index in [0.29, 0.717) is 24.5 Å². The molecule has 0 aromatic heterocycles. The van der Waals surface area contributed by atoms with Crippen molar-refractivity contribution in [2.45, 2.75) is 57.4 Å². The minimum absolute atomic E-state index is 0.111. The molecule has 5 nitrogen and oxygen atoms in total. The topological polar surface area (TPSA) is 64.6 Å². The lowest BCUT2D eigenvalue weighted by Gasteiger charge is -2.35. The summed E-state index contributed by atoms with van der Waals surface area (Å²) in [5.74, 6) is 0.436. The van der Waals surface area contributed by atoms with Gasteiger partial charge in [-0.15, -0.1) is 0 Å². The Hall–Kier alpha value is -2.04. The maximum absolute atomic E-state index is 12.2. The lowest BCUT2D eigenvalue weighted by Crippen LogP contribution is -2.57. The van der Waals surface area contributed by atoms with Crippen LogP contribution in [0, 0.1) is 0 Å². The van der Waals surface area contributed by atoms with Gasteiger partial charge in [0.25, 0.3) is 5.91 Å². The molecule has 0 unspecified atom stereocenters. The average Bonchev–Trinajstić information content (AvgIpc) is 2.60. The SMILES string of the molecule is COC(=O)C1(NC(=O)COc2ccc(C(C)C)cc2)CCCCC1. The fourth-order valence-corrected chi connectivity index (χ4v) is 3.13. The van der Waals surface area contributed by atoms with Gasteiger partial charge in [0.1, 0.15) is 11.3 Å². The van der Waals surface area contributed by atoms with Gasteiger partial charge in [-0.1, -0.05) is 45.2 Å². The van der Waals surface area contributed by atoms with E-state index in [1.807, 2.05) is 24.3 Å². The van der Waals surface area contributed by atoms with E-state index in [2.05, 4.69) is 19.2 Å². The zero-order valence-electron chi connectivity index (χ0n) is 14.8. The third-order valence-corrected chi connectivity index (χ3v) is 4.58. The summed E-state index contributed by atoms with van der Waals surface area (Å²) in [7, 11) is 1.36. The molecule has 1 aromatic rings. The molecular formula is C19H27NO4. The maximum Gasteiger partial charge on any atom is 0.331 e. The van der Waals surface area contributed by atoms with Gasteiger partial charge in [-0.25, -0.2) is 4.79 Å². The van der Waals surface area contributed by atoms with Crippen LogP contribution in [0.5, 0.6) is 5.75 Å². The third kappa shape index (κ3) is 4.49. The summed E-state index contributed by atoms with van der Waals surface area (Å²) in [6.07, 6.45) is 4.14. The maximum atomic E-state index is 12.2. The Kier molecular flexibility index (Phi) is 6.23. The molecule has 132 valence electrons. The van der Waals surface area contributed by atoms with Gasteiger partial charge in [-0.05, 0) is 36.5 Å². The highest BCUT2D eigenvalue weighted by Gasteiger charge is 2.41. The quantitative estimate of drug-likeness (QED) is 0.812. The molecule has 1 fully saturated rings. The van der Waals surface area contributed by atoms with Gasteiger partial charge in [-0.3, -0.25) is 4.79 Å². The Morgan fingerprint density at radius 1 is 1.12 bits per heavy atom. The number of rotatable bonds is 6. The van der Waals surface area contributed by atoms with E-state index < -0.39 is 5.54 Å². The Balaban J connectivity index is 1.92. The molecule has 1 aromatic carbocycles. The van der Waals surface area contributed by atoms with Crippen LogP contribution >= 0.6 is 0 Å². The fourth-order valence-electron chi connectivity index (χ4n) is 3.13. The smallest absolute Gasteiger partial charge is 0.331 e. The van der Waals surface area contributed by atoms with Crippen LogP contribution in [0.3, 0.4) is 0 Å². The number of carbonyl (C=O) groups excluding carboxylic acids is 2. The zero-order chi connectivity index (χ0) is 17.6. The molecule has 1 aliphatic rings. The van der Waals surface area contributed by atoms with Crippen molar-refractivity contribution in [2.75, 3.05) is 13.7 Å². The highest BCUT2D eigenvalue weighted by Crippen LogP contribution is 2.29. The summed E-state index contributed by atoms with van der Waals surface area (Å²) in [4.78, 5) is 24.4. The van der Waals surface area contributed by atoms with Gasteiger partial charge < -0.3 is 14.8 Å². The first-order valence-corrected chi connectivity index (χ1v) is 8.59. The standard InChI is InChI=1S/C19H27NO4/c1-14(2)15-7-9-16(10-8-15)24-13-17(21)20-19(18(22)23-3)11-5-4-6-12-19/h7-10,14H,4-6,11-13H2,1-3H3,(H,20,21). The zero-order valence-corrected chi connectivity index (χ0v) is 14.8. The third-order valence-electron chi connectivity index (χ3n) is 4.58. The summed E-state index contributed by atoms with van der Waals surface area (Å²) in [5, 5.41) is 2.84. The fraction of sp³-hybridized carbons (Fsp3) is 0.579. The van der Waals surface area contributed by atoms with Crippen LogP contribution in [0.25, 0.3) is 0 Å². The van der Waals surface area contributed by atoms with Crippen molar-refractivity contribution in [3.8, 4) is 5.75 Å². The number of amides is 1. The van der Waals surface area contributed by atoms with Crippen LogP contribution in [0.15, 0.2) is 24.3 Å². The first-order chi connectivity index (χ1) is 11.5. The second-order valence-electron chi connectivity index (χ2n) is 6.69. The molecule has 0 bridgehead atoms. The Morgan fingerprint density at radius 2 is 1.75 bits per heavy atom. The number of hydrogen-bond acceptors (Lipinski definition) is 4. The first-order valence-electron chi connectivity index (χ1n) is 8.59. The van der Waals surface area contributed by atoms with Crippen molar-refractivity contribution in [1.29, 1.82) is 0 Å². The van der Waals surface area contributed by atoms with E-state index in [1.54, 1.807) is 0 Å². The summed E-state index contributed by atoms with van der Waals surface area (Å²) < 4.78 is 10.4. The number of esters is 1. The van der Waals surface area contributed by atoms with E-state index in [9.17, 15) is 9.59 Å². The number of ether oxygens (including phenoxy) is 2. The molecule has 0 saturated heterocycles. The summed E-state index contributed by atoms with van der Waals surface area (Å²) in [6, 6.07) is 7.71. The summed E-state index contributed by atoms with van der Waals surface area (Å²) in [6.45, 7) is 4.14. The molecule has 0 radical (unpaired) electrons. The number of hydrogen-bond donors (Lipinski definition) is 1. The van der Waals surface area contributed by atoms with E-state index >= 15 is 0 Å². The van der Waals surface area contributed by atoms with Gasteiger partial charge >= 0.3 is 5.97 Å². The molecule has 0 aliphatic heterocycles. The van der Waals surface area contributed by atoms with Gasteiger partial charge in [0.2, 0.25) is 0 Å². The Bertz CT molecular complexity index is 559.